The summed E-state index contributed by atoms with van der Waals surface area (Å²) in [5.74, 6) is 0.861. The van der Waals surface area contributed by atoms with Crippen molar-refractivity contribution >= 4 is 11.6 Å². The zero-order valence-electron chi connectivity index (χ0n) is 10.9. The van der Waals surface area contributed by atoms with Gasteiger partial charge in [0, 0.05) is 12.1 Å². The van der Waals surface area contributed by atoms with Crippen molar-refractivity contribution in [3.05, 3.63) is 52.3 Å². The molecule has 1 aromatic rings. The number of allylic oxidation sites excluding steroid dienone is 1. The minimum Gasteiger partial charge on any atom is -0.487 e. The summed E-state index contributed by atoms with van der Waals surface area (Å²) < 4.78 is 5.80. The standard InChI is InChI=1S/C14H17ClN2O/c1-9-6-14(10(2)5-13(9)15)18-8-12-7-11(3)17(4)16-12/h5-7,16H,3,8H2,1-2,4H3. The van der Waals surface area contributed by atoms with E-state index in [9.17, 15) is 0 Å². The Balaban J connectivity index is 2.05. The van der Waals surface area contributed by atoms with Crippen LogP contribution in [0.4, 0.5) is 0 Å². The fourth-order valence-corrected chi connectivity index (χ4v) is 1.98. The summed E-state index contributed by atoms with van der Waals surface area (Å²) in [6.07, 6.45) is 1.97. The van der Waals surface area contributed by atoms with Crippen molar-refractivity contribution < 1.29 is 4.74 Å². The van der Waals surface area contributed by atoms with E-state index in [0.29, 0.717) is 6.61 Å². The minimum absolute atomic E-state index is 0.491. The number of rotatable bonds is 3. The number of hydrogen-bond acceptors (Lipinski definition) is 3. The van der Waals surface area contributed by atoms with Crippen molar-refractivity contribution in [2.75, 3.05) is 13.7 Å². The SMILES string of the molecule is C=C1C=C(COc2cc(C)c(Cl)cc2C)NN1C. The molecule has 1 aromatic carbocycles. The molecule has 0 saturated carbocycles. The van der Waals surface area contributed by atoms with Crippen LogP contribution in [0.2, 0.25) is 5.02 Å². The maximum atomic E-state index is 6.05. The lowest BCUT2D eigenvalue weighted by Gasteiger charge is -2.16. The molecular weight excluding hydrogens is 248 g/mol. The first kappa shape index (κ1) is 12.8. The van der Waals surface area contributed by atoms with E-state index in [1.807, 2.05) is 44.1 Å². The van der Waals surface area contributed by atoms with Gasteiger partial charge in [0.25, 0.3) is 0 Å². The molecule has 0 amide bonds. The molecule has 0 bridgehead atoms. The van der Waals surface area contributed by atoms with E-state index in [2.05, 4.69) is 12.0 Å². The lowest BCUT2D eigenvalue weighted by atomic mass is 10.1. The molecule has 0 spiro atoms. The first-order valence-electron chi connectivity index (χ1n) is 5.77. The van der Waals surface area contributed by atoms with Crippen LogP contribution in [0.3, 0.4) is 0 Å². The normalized spacial score (nSPS) is 14.6. The Morgan fingerprint density at radius 1 is 1.33 bits per heavy atom. The molecule has 1 aliphatic rings. The number of hydrogen-bond donors (Lipinski definition) is 1. The van der Waals surface area contributed by atoms with E-state index < -0.39 is 0 Å². The Labute approximate surface area is 113 Å². The molecule has 1 heterocycles. The lowest BCUT2D eigenvalue weighted by molar-refractivity contribution is 0.304. The first-order chi connectivity index (χ1) is 8.47. The maximum absolute atomic E-state index is 6.05. The highest BCUT2D eigenvalue weighted by molar-refractivity contribution is 6.31. The third kappa shape index (κ3) is 2.62. The monoisotopic (exact) mass is 264 g/mol. The van der Waals surface area contributed by atoms with E-state index in [1.165, 1.54) is 0 Å². The molecule has 1 N–H and O–H groups in total. The quantitative estimate of drug-likeness (QED) is 0.908. The Morgan fingerprint density at radius 3 is 2.67 bits per heavy atom. The van der Waals surface area contributed by atoms with Gasteiger partial charge in [-0.15, -0.1) is 0 Å². The van der Waals surface area contributed by atoms with E-state index in [1.54, 1.807) is 0 Å². The van der Waals surface area contributed by atoms with E-state index >= 15 is 0 Å². The third-order valence-corrected chi connectivity index (χ3v) is 3.33. The van der Waals surface area contributed by atoms with Gasteiger partial charge in [-0.2, -0.15) is 0 Å². The Morgan fingerprint density at radius 2 is 2.06 bits per heavy atom. The number of ether oxygens (including phenoxy) is 1. The highest BCUT2D eigenvalue weighted by atomic mass is 35.5. The van der Waals surface area contributed by atoms with Crippen LogP contribution in [0.5, 0.6) is 5.75 Å². The second-order valence-corrected chi connectivity index (χ2v) is 4.89. The smallest absolute Gasteiger partial charge is 0.130 e. The summed E-state index contributed by atoms with van der Waals surface area (Å²) in [6.45, 7) is 8.35. The summed E-state index contributed by atoms with van der Waals surface area (Å²) in [6, 6.07) is 3.89. The van der Waals surface area contributed by atoms with Gasteiger partial charge in [0.1, 0.15) is 12.4 Å². The van der Waals surface area contributed by atoms with Crippen LogP contribution >= 0.6 is 11.6 Å². The molecule has 3 nitrogen and oxygen atoms in total. The fourth-order valence-electron chi connectivity index (χ4n) is 1.76. The number of aryl methyl sites for hydroxylation is 2. The molecule has 1 aliphatic heterocycles. The minimum atomic E-state index is 0.491. The largest absolute Gasteiger partial charge is 0.487 e. The maximum Gasteiger partial charge on any atom is 0.130 e. The van der Waals surface area contributed by atoms with Crippen LogP contribution in [0, 0.1) is 13.8 Å². The Hall–Kier alpha value is -1.61. The van der Waals surface area contributed by atoms with Crippen molar-refractivity contribution in [1.29, 1.82) is 0 Å². The summed E-state index contributed by atoms with van der Waals surface area (Å²) in [5, 5.41) is 2.63. The van der Waals surface area contributed by atoms with Crippen LogP contribution in [0.15, 0.2) is 36.2 Å². The van der Waals surface area contributed by atoms with Gasteiger partial charge in [-0.25, -0.2) is 0 Å². The van der Waals surface area contributed by atoms with Crippen LogP contribution in [-0.4, -0.2) is 18.7 Å². The van der Waals surface area contributed by atoms with E-state index in [0.717, 1.165) is 33.3 Å². The van der Waals surface area contributed by atoms with Crippen LogP contribution < -0.4 is 10.2 Å². The van der Waals surface area contributed by atoms with Crippen LogP contribution in [-0.2, 0) is 0 Å². The predicted octanol–water partition coefficient (Wildman–Crippen LogP) is 3.18. The van der Waals surface area contributed by atoms with Crippen molar-refractivity contribution in [3.8, 4) is 5.75 Å². The lowest BCUT2D eigenvalue weighted by Crippen LogP contribution is -2.28. The Kier molecular flexibility index (Phi) is 3.53. The molecule has 0 saturated heterocycles. The van der Waals surface area contributed by atoms with Crippen molar-refractivity contribution in [2.45, 2.75) is 13.8 Å². The number of likely N-dealkylation sites (N-methyl/N-ethyl adjacent to an activating group) is 1. The van der Waals surface area contributed by atoms with Crippen LogP contribution in [0.1, 0.15) is 11.1 Å². The molecule has 0 radical (unpaired) electrons. The summed E-state index contributed by atoms with van der Waals surface area (Å²) in [7, 11) is 1.92. The van der Waals surface area contributed by atoms with E-state index in [4.69, 9.17) is 16.3 Å². The van der Waals surface area contributed by atoms with Gasteiger partial charge in [0.15, 0.2) is 0 Å². The zero-order valence-corrected chi connectivity index (χ0v) is 11.6. The molecule has 0 fully saturated rings. The molecule has 4 heteroatoms. The number of halogens is 1. The molecule has 0 atom stereocenters. The Bertz CT molecular complexity index is 523. The zero-order chi connectivity index (χ0) is 13.3. The molecule has 2 rings (SSSR count). The van der Waals surface area contributed by atoms with Crippen molar-refractivity contribution in [2.24, 2.45) is 0 Å². The fraction of sp³-hybridized carbons (Fsp3) is 0.286. The van der Waals surface area contributed by atoms with Gasteiger partial charge in [-0.3, -0.25) is 10.4 Å². The second kappa shape index (κ2) is 4.94. The van der Waals surface area contributed by atoms with Gasteiger partial charge >= 0.3 is 0 Å². The molecule has 0 aliphatic carbocycles. The average Bonchev–Trinajstić information content (AvgIpc) is 2.62. The number of benzene rings is 1. The van der Waals surface area contributed by atoms with Gasteiger partial charge in [-0.1, -0.05) is 18.2 Å². The van der Waals surface area contributed by atoms with Crippen molar-refractivity contribution in [1.82, 2.24) is 10.4 Å². The summed E-state index contributed by atoms with van der Waals surface area (Å²) in [5.41, 5.74) is 7.15. The van der Waals surface area contributed by atoms with Crippen LogP contribution in [0.25, 0.3) is 0 Å². The number of nitrogens with zero attached hydrogens (tertiary/aromatic N) is 1. The average molecular weight is 265 g/mol. The molecule has 96 valence electrons. The van der Waals surface area contributed by atoms with Gasteiger partial charge in [0.2, 0.25) is 0 Å². The molecule has 0 unspecified atom stereocenters. The number of nitrogens with one attached hydrogen (secondary N) is 1. The number of hydrazine groups is 1. The second-order valence-electron chi connectivity index (χ2n) is 4.49. The van der Waals surface area contributed by atoms with Gasteiger partial charge in [0.05, 0.1) is 11.4 Å². The van der Waals surface area contributed by atoms with E-state index in [-0.39, 0.29) is 0 Å². The first-order valence-corrected chi connectivity index (χ1v) is 6.14. The van der Waals surface area contributed by atoms with Gasteiger partial charge < -0.3 is 4.74 Å². The topological polar surface area (TPSA) is 24.5 Å². The predicted molar refractivity (Wildman–Crippen MR) is 74.5 cm³/mol. The highest BCUT2D eigenvalue weighted by Crippen LogP contribution is 2.26. The summed E-state index contributed by atoms with van der Waals surface area (Å²) in [4.78, 5) is 0. The van der Waals surface area contributed by atoms with Crippen molar-refractivity contribution in [3.63, 3.8) is 0 Å². The third-order valence-electron chi connectivity index (χ3n) is 2.92. The van der Waals surface area contributed by atoms with Gasteiger partial charge in [-0.05, 0) is 43.2 Å². The molecule has 18 heavy (non-hydrogen) atoms. The molecular formula is C14H17ClN2O. The summed E-state index contributed by atoms with van der Waals surface area (Å²) >= 11 is 6.05. The highest BCUT2D eigenvalue weighted by Gasteiger charge is 2.12. The molecule has 0 aromatic heterocycles.